The third kappa shape index (κ3) is 6.99. The van der Waals surface area contributed by atoms with E-state index in [1.807, 2.05) is 0 Å². The third-order valence-corrected chi connectivity index (χ3v) is 6.97. The number of hydrogen-bond donors (Lipinski definition) is 0. The van der Waals surface area contributed by atoms with E-state index in [1.54, 1.807) is 13.8 Å². The van der Waals surface area contributed by atoms with Gasteiger partial charge in [-0.05, 0) is 38.1 Å². The fraction of sp³-hybridized carbons (Fsp3) is 0.400. The quantitative estimate of drug-likeness (QED) is 0.346. The number of aryl methyl sites for hydroxylation is 2. The molecular formula is C20H22F4O6S2. The first-order valence-electron chi connectivity index (χ1n) is 9.32. The molecule has 2 aromatic carbocycles. The van der Waals surface area contributed by atoms with Crippen LogP contribution in [0.1, 0.15) is 11.1 Å². The molecule has 0 heterocycles. The fourth-order valence-corrected chi connectivity index (χ4v) is 4.27. The highest BCUT2D eigenvalue weighted by Gasteiger charge is 2.38. The van der Waals surface area contributed by atoms with E-state index >= 15 is 0 Å². The Hall–Kier alpha value is -2.02. The lowest BCUT2D eigenvalue weighted by atomic mass is 10.1. The second-order valence-corrected chi connectivity index (χ2v) is 10.3. The maximum Gasteiger partial charge on any atom is 0.297 e. The summed E-state index contributed by atoms with van der Waals surface area (Å²) in [6.45, 7) is 0.611. The minimum Gasteiger partial charge on any atom is -0.263 e. The van der Waals surface area contributed by atoms with Gasteiger partial charge in [0.2, 0.25) is 0 Å². The summed E-state index contributed by atoms with van der Waals surface area (Å²) in [5.74, 6) is 0. The van der Waals surface area contributed by atoms with E-state index in [0.29, 0.717) is 0 Å². The van der Waals surface area contributed by atoms with Crippen LogP contribution in [0.3, 0.4) is 0 Å². The summed E-state index contributed by atoms with van der Waals surface area (Å²) in [6, 6.07) is 10.6. The van der Waals surface area contributed by atoms with Gasteiger partial charge in [0.15, 0.2) is 24.7 Å². The smallest absolute Gasteiger partial charge is 0.263 e. The van der Waals surface area contributed by atoms with Crippen molar-refractivity contribution in [3.63, 3.8) is 0 Å². The van der Waals surface area contributed by atoms with Gasteiger partial charge in [-0.2, -0.15) is 16.8 Å². The monoisotopic (exact) mass is 498 g/mol. The molecule has 6 nitrogen and oxygen atoms in total. The molecular weight excluding hydrogens is 476 g/mol. The highest BCUT2D eigenvalue weighted by atomic mass is 32.2. The molecule has 0 saturated heterocycles. The number of benzene rings is 2. The Morgan fingerprint density at radius 3 is 1.19 bits per heavy atom. The summed E-state index contributed by atoms with van der Waals surface area (Å²) >= 11 is 0. The molecule has 2 aromatic rings. The molecule has 12 heteroatoms. The van der Waals surface area contributed by atoms with Gasteiger partial charge in [-0.25, -0.2) is 17.6 Å². The predicted molar refractivity (Wildman–Crippen MR) is 108 cm³/mol. The van der Waals surface area contributed by atoms with Crippen LogP contribution in [0.15, 0.2) is 58.3 Å². The van der Waals surface area contributed by atoms with E-state index in [1.165, 1.54) is 48.5 Å². The molecule has 0 amide bonds. The lowest BCUT2D eigenvalue weighted by molar-refractivity contribution is 0.00394. The topological polar surface area (TPSA) is 86.7 Å². The lowest BCUT2D eigenvalue weighted by Crippen LogP contribution is -2.39. The number of halogens is 4. The van der Waals surface area contributed by atoms with Crippen LogP contribution in [0.25, 0.3) is 0 Å². The van der Waals surface area contributed by atoms with Crippen LogP contribution in [-0.2, 0) is 28.6 Å². The van der Waals surface area contributed by atoms with Crippen LogP contribution < -0.4 is 0 Å². The minimum absolute atomic E-state index is 0.319. The van der Waals surface area contributed by atoms with Gasteiger partial charge in [0.25, 0.3) is 20.2 Å². The molecule has 0 radical (unpaired) electrons. The summed E-state index contributed by atoms with van der Waals surface area (Å²) in [4.78, 5) is -0.638. The molecule has 0 aliphatic rings. The first-order chi connectivity index (χ1) is 14.8. The summed E-state index contributed by atoms with van der Waals surface area (Å²) in [6.07, 6.45) is -11.9. The van der Waals surface area contributed by atoms with Gasteiger partial charge < -0.3 is 0 Å². The summed E-state index contributed by atoms with van der Waals surface area (Å²) in [5, 5.41) is 0. The normalized spacial score (nSPS) is 16.3. The largest absolute Gasteiger partial charge is 0.297 e. The Bertz CT molecular complexity index is 1000. The van der Waals surface area contributed by atoms with Crippen molar-refractivity contribution in [3.8, 4) is 0 Å². The molecule has 0 saturated carbocycles. The predicted octanol–water partition coefficient (Wildman–Crippen LogP) is 3.77. The third-order valence-electron chi connectivity index (χ3n) is 4.38. The van der Waals surface area contributed by atoms with E-state index in [-0.39, 0.29) is 9.79 Å². The summed E-state index contributed by atoms with van der Waals surface area (Å²) in [5.41, 5.74) is 1.49. The molecule has 2 rings (SSSR count). The van der Waals surface area contributed by atoms with Gasteiger partial charge in [0.1, 0.15) is 13.2 Å². The van der Waals surface area contributed by atoms with Crippen molar-refractivity contribution in [1.82, 2.24) is 0 Å². The lowest BCUT2D eigenvalue weighted by Gasteiger charge is -2.20. The second-order valence-electron chi connectivity index (χ2n) is 7.02. The van der Waals surface area contributed by atoms with E-state index < -0.39 is 58.1 Å². The molecule has 0 N–H and O–H groups in total. The number of hydrogen-bond acceptors (Lipinski definition) is 6. The van der Waals surface area contributed by atoms with Crippen LogP contribution in [0, 0.1) is 13.8 Å². The molecule has 0 bridgehead atoms. The average Bonchev–Trinajstić information content (AvgIpc) is 2.75. The fourth-order valence-electron chi connectivity index (χ4n) is 2.44. The standard InChI is InChI=1S/C20H22F4O6S2/c1-13-3-7-15(8-4-13)31(25,26)29-11-17(21)19(23)20(24)18(22)12-30-32(27,28)16-9-5-14(2)6-10-16/h3-10,17-20H,11-12H2,1-2H3/t17-,18-,19-,20+/m1/s1. The molecule has 32 heavy (non-hydrogen) atoms. The van der Waals surface area contributed by atoms with E-state index in [4.69, 9.17) is 0 Å². The molecule has 4 atom stereocenters. The maximum absolute atomic E-state index is 14.0. The summed E-state index contributed by atoms with van der Waals surface area (Å²) in [7, 11) is -8.88. The van der Waals surface area contributed by atoms with Crippen molar-refractivity contribution in [3.05, 3.63) is 59.7 Å². The minimum atomic E-state index is -4.44. The van der Waals surface area contributed by atoms with Crippen molar-refractivity contribution in [1.29, 1.82) is 0 Å². The van der Waals surface area contributed by atoms with Crippen molar-refractivity contribution in [2.24, 2.45) is 0 Å². The molecule has 178 valence electrons. The molecule has 0 aromatic heterocycles. The van der Waals surface area contributed by atoms with Crippen molar-refractivity contribution in [2.45, 2.75) is 48.3 Å². The highest BCUT2D eigenvalue weighted by Crippen LogP contribution is 2.22. The van der Waals surface area contributed by atoms with Gasteiger partial charge in [0.05, 0.1) is 9.79 Å². The van der Waals surface area contributed by atoms with Gasteiger partial charge in [-0.1, -0.05) is 35.4 Å². The Labute approximate surface area is 184 Å². The van der Waals surface area contributed by atoms with Gasteiger partial charge in [-0.15, -0.1) is 0 Å². The van der Waals surface area contributed by atoms with Crippen LogP contribution >= 0.6 is 0 Å². The zero-order valence-electron chi connectivity index (χ0n) is 17.1. The summed E-state index contributed by atoms with van der Waals surface area (Å²) < 4.78 is 113. The Kier molecular flexibility index (Phi) is 8.80. The van der Waals surface area contributed by atoms with E-state index in [2.05, 4.69) is 8.37 Å². The Balaban J connectivity index is 1.91. The van der Waals surface area contributed by atoms with Gasteiger partial charge in [-0.3, -0.25) is 8.37 Å². The first kappa shape index (κ1) is 26.2. The number of rotatable bonds is 11. The maximum atomic E-state index is 14.0. The SMILES string of the molecule is Cc1ccc(S(=O)(=O)OC[C@@H](F)[C@H](F)[C@H](F)[C@H](F)COS(=O)(=O)c2ccc(C)cc2)cc1. The molecule has 0 aliphatic heterocycles. The van der Waals surface area contributed by atoms with Crippen LogP contribution in [0.2, 0.25) is 0 Å². The number of alkyl halides is 4. The van der Waals surface area contributed by atoms with Crippen molar-refractivity contribution >= 4 is 20.2 Å². The molecule has 0 unspecified atom stereocenters. The van der Waals surface area contributed by atoms with E-state index in [9.17, 15) is 34.4 Å². The molecule has 0 aliphatic carbocycles. The van der Waals surface area contributed by atoms with E-state index in [0.717, 1.165) is 11.1 Å². The highest BCUT2D eigenvalue weighted by molar-refractivity contribution is 7.87. The Morgan fingerprint density at radius 1 is 0.625 bits per heavy atom. The van der Waals surface area contributed by atoms with Gasteiger partial charge in [0, 0.05) is 0 Å². The molecule has 0 fully saturated rings. The zero-order valence-corrected chi connectivity index (χ0v) is 18.8. The van der Waals surface area contributed by atoms with Crippen LogP contribution in [0.5, 0.6) is 0 Å². The van der Waals surface area contributed by atoms with Crippen LogP contribution in [0.4, 0.5) is 17.6 Å². The second kappa shape index (κ2) is 10.7. The van der Waals surface area contributed by atoms with Crippen molar-refractivity contribution < 1.29 is 42.8 Å². The van der Waals surface area contributed by atoms with Crippen LogP contribution in [-0.4, -0.2) is 54.7 Å². The van der Waals surface area contributed by atoms with Gasteiger partial charge >= 0.3 is 0 Å². The zero-order chi connectivity index (χ0) is 24.1. The Morgan fingerprint density at radius 2 is 0.906 bits per heavy atom. The molecule has 0 spiro atoms. The van der Waals surface area contributed by atoms with Crippen molar-refractivity contribution in [2.75, 3.05) is 13.2 Å². The average molecular weight is 499 g/mol. The first-order valence-corrected chi connectivity index (χ1v) is 12.1.